The Morgan fingerprint density at radius 2 is 2.18 bits per heavy atom. The Bertz CT molecular complexity index is 227. The van der Waals surface area contributed by atoms with Gasteiger partial charge in [-0.05, 0) is 39.4 Å². The van der Waals surface area contributed by atoms with Gasteiger partial charge in [0.15, 0.2) is 0 Å². The van der Waals surface area contributed by atoms with Crippen molar-refractivity contribution in [3.05, 3.63) is 0 Å². The van der Waals surface area contributed by atoms with E-state index in [1.165, 1.54) is 0 Å². The van der Waals surface area contributed by atoms with Crippen LogP contribution in [0.3, 0.4) is 0 Å². The van der Waals surface area contributed by atoms with E-state index < -0.39 is 0 Å². The third-order valence-electron chi connectivity index (χ3n) is 3.59. The van der Waals surface area contributed by atoms with Gasteiger partial charge in [0.1, 0.15) is 0 Å². The number of piperidine rings is 1. The minimum Gasteiger partial charge on any atom is -0.354 e. The van der Waals surface area contributed by atoms with Gasteiger partial charge in [-0.2, -0.15) is 0 Å². The first-order valence-electron chi connectivity index (χ1n) is 6.67. The molecule has 1 rings (SSSR count). The van der Waals surface area contributed by atoms with Gasteiger partial charge in [-0.3, -0.25) is 4.79 Å². The first-order valence-corrected chi connectivity index (χ1v) is 6.67. The van der Waals surface area contributed by atoms with Gasteiger partial charge in [-0.25, -0.2) is 0 Å². The maximum absolute atomic E-state index is 12.0. The summed E-state index contributed by atoms with van der Waals surface area (Å²) < 4.78 is 0. The second-order valence-electron chi connectivity index (χ2n) is 5.56. The molecule has 100 valence electrons. The van der Waals surface area contributed by atoms with Crippen molar-refractivity contribution in [3.63, 3.8) is 0 Å². The van der Waals surface area contributed by atoms with Crippen LogP contribution < -0.4 is 10.6 Å². The van der Waals surface area contributed by atoms with Gasteiger partial charge < -0.3 is 15.5 Å². The first kappa shape index (κ1) is 14.5. The number of carbonyl (C=O) groups is 1. The number of likely N-dealkylation sites (N-methyl/N-ethyl adjacent to an activating group) is 1. The van der Waals surface area contributed by atoms with Gasteiger partial charge in [0.2, 0.25) is 5.91 Å². The summed E-state index contributed by atoms with van der Waals surface area (Å²) in [5.41, 5.74) is 0. The van der Waals surface area contributed by atoms with Crippen LogP contribution in [0.4, 0.5) is 0 Å². The molecule has 0 bridgehead atoms. The summed E-state index contributed by atoms with van der Waals surface area (Å²) in [6.07, 6.45) is 2.13. The summed E-state index contributed by atoms with van der Waals surface area (Å²) in [6.45, 7) is 7.02. The average molecular weight is 241 g/mol. The average Bonchev–Trinajstić information content (AvgIpc) is 2.29. The summed E-state index contributed by atoms with van der Waals surface area (Å²) >= 11 is 0. The third-order valence-corrected chi connectivity index (χ3v) is 3.59. The first-order chi connectivity index (χ1) is 8.02. The lowest BCUT2D eigenvalue weighted by Crippen LogP contribution is -2.47. The van der Waals surface area contributed by atoms with Crippen molar-refractivity contribution >= 4 is 5.91 Å². The standard InChI is InChI=1S/C13H27N3O/c1-10(2)12(16(3)4)9-15-13(17)11-6-5-7-14-8-11/h10-12,14H,5-9H2,1-4H3,(H,15,17)/t11-,12?/m0/s1. The Morgan fingerprint density at radius 1 is 1.47 bits per heavy atom. The fourth-order valence-electron chi connectivity index (χ4n) is 2.44. The molecule has 1 aliphatic heterocycles. The fraction of sp³-hybridized carbons (Fsp3) is 0.923. The lowest BCUT2D eigenvalue weighted by molar-refractivity contribution is -0.125. The van der Waals surface area contributed by atoms with E-state index in [2.05, 4.69) is 43.5 Å². The van der Waals surface area contributed by atoms with Crippen LogP contribution in [-0.4, -0.2) is 50.6 Å². The van der Waals surface area contributed by atoms with Gasteiger partial charge in [0, 0.05) is 19.1 Å². The molecule has 0 aromatic carbocycles. The highest BCUT2D eigenvalue weighted by Gasteiger charge is 2.22. The molecule has 2 atom stereocenters. The molecule has 0 spiro atoms. The molecule has 2 N–H and O–H groups in total. The van der Waals surface area contributed by atoms with Gasteiger partial charge in [0.05, 0.1) is 5.92 Å². The molecule has 4 heteroatoms. The molecule has 0 aromatic rings. The van der Waals surface area contributed by atoms with Crippen molar-refractivity contribution in [1.82, 2.24) is 15.5 Å². The molecule has 17 heavy (non-hydrogen) atoms. The van der Waals surface area contributed by atoms with E-state index in [0.717, 1.165) is 32.5 Å². The van der Waals surface area contributed by atoms with Crippen molar-refractivity contribution in [2.45, 2.75) is 32.7 Å². The smallest absolute Gasteiger partial charge is 0.224 e. The lowest BCUT2D eigenvalue weighted by Gasteiger charge is -2.29. The molecule has 1 fully saturated rings. The van der Waals surface area contributed by atoms with Crippen LogP contribution in [-0.2, 0) is 4.79 Å². The molecule has 0 saturated carbocycles. The summed E-state index contributed by atoms with van der Waals surface area (Å²) in [7, 11) is 4.14. The second kappa shape index (κ2) is 6.97. The molecule has 1 heterocycles. The zero-order valence-electron chi connectivity index (χ0n) is 11.6. The van der Waals surface area contributed by atoms with Crippen LogP contribution in [0.15, 0.2) is 0 Å². The molecular formula is C13H27N3O. The Labute approximate surface area is 105 Å². The molecule has 1 saturated heterocycles. The summed E-state index contributed by atoms with van der Waals surface area (Å²) in [5.74, 6) is 0.929. The second-order valence-corrected chi connectivity index (χ2v) is 5.56. The fourth-order valence-corrected chi connectivity index (χ4v) is 2.44. The topological polar surface area (TPSA) is 44.4 Å². The Kier molecular flexibility index (Phi) is 5.92. The number of carbonyl (C=O) groups excluding carboxylic acids is 1. The molecular weight excluding hydrogens is 214 g/mol. The highest BCUT2D eigenvalue weighted by atomic mass is 16.1. The van der Waals surface area contributed by atoms with E-state index in [1.54, 1.807) is 0 Å². The summed E-state index contributed by atoms with van der Waals surface area (Å²) in [6, 6.07) is 0.412. The Balaban J connectivity index is 2.35. The zero-order chi connectivity index (χ0) is 12.8. The number of hydrogen-bond acceptors (Lipinski definition) is 3. The molecule has 0 aromatic heterocycles. The van der Waals surface area contributed by atoms with Crippen molar-refractivity contribution in [2.24, 2.45) is 11.8 Å². The Morgan fingerprint density at radius 3 is 2.65 bits per heavy atom. The van der Waals surface area contributed by atoms with Crippen LogP contribution >= 0.6 is 0 Å². The molecule has 0 radical (unpaired) electrons. The van der Waals surface area contributed by atoms with E-state index in [4.69, 9.17) is 0 Å². The van der Waals surface area contributed by atoms with E-state index in [9.17, 15) is 4.79 Å². The van der Waals surface area contributed by atoms with E-state index in [0.29, 0.717) is 12.0 Å². The Hall–Kier alpha value is -0.610. The minimum absolute atomic E-state index is 0.165. The predicted octanol–water partition coefficient (Wildman–Crippen LogP) is 0.688. The highest BCUT2D eigenvalue weighted by Crippen LogP contribution is 2.11. The van der Waals surface area contributed by atoms with Crippen LogP contribution in [0, 0.1) is 11.8 Å². The van der Waals surface area contributed by atoms with Crippen molar-refractivity contribution < 1.29 is 4.79 Å². The van der Waals surface area contributed by atoms with Crippen LogP contribution in [0.25, 0.3) is 0 Å². The monoisotopic (exact) mass is 241 g/mol. The molecule has 0 aliphatic carbocycles. The largest absolute Gasteiger partial charge is 0.354 e. The van der Waals surface area contributed by atoms with Crippen molar-refractivity contribution in [1.29, 1.82) is 0 Å². The van der Waals surface area contributed by atoms with Crippen LogP contribution in [0.5, 0.6) is 0 Å². The predicted molar refractivity (Wildman–Crippen MR) is 70.9 cm³/mol. The van der Waals surface area contributed by atoms with E-state index in [1.807, 2.05) is 0 Å². The normalized spacial score (nSPS) is 22.8. The zero-order valence-corrected chi connectivity index (χ0v) is 11.6. The summed E-state index contributed by atoms with van der Waals surface area (Å²) in [5, 5.41) is 6.37. The SMILES string of the molecule is CC(C)C(CNC(=O)[C@H]1CCCNC1)N(C)C. The van der Waals surface area contributed by atoms with Crippen LogP contribution in [0.1, 0.15) is 26.7 Å². The molecule has 1 unspecified atom stereocenters. The molecule has 1 amide bonds. The number of nitrogens with zero attached hydrogens (tertiary/aromatic N) is 1. The molecule has 1 aliphatic rings. The number of rotatable bonds is 5. The quantitative estimate of drug-likeness (QED) is 0.744. The van der Waals surface area contributed by atoms with Gasteiger partial charge in [-0.15, -0.1) is 0 Å². The van der Waals surface area contributed by atoms with Crippen molar-refractivity contribution in [2.75, 3.05) is 33.7 Å². The van der Waals surface area contributed by atoms with Crippen molar-refractivity contribution in [3.8, 4) is 0 Å². The maximum atomic E-state index is 12.0. The minimum atomic E-state index is 0.165. The highest BCUT2D eigenvalue weighted by molar-refractivity contribution is 5.79. The van der Waals surface area contributed by atoms with Gasteiger partial charge in [-0.1, -0.05) is 13.8 Å². The maximum Gasteiger partial charge on any atom is 0.224 e. The number of nitrogens with one attached hydrogen (secondary N) is 2. The van der Waals surface area contributed by atoms with Gasteiger partial charge >= 0.3 is 0 Å². The molecule has 4 nitrogen and oxygen atoms in total. The number of hydrogen-bond donors (Lipinski definition) is 2. The third kappa shape index (κ3) is 4.64. The van der Waals surface area contributed by atoms with E-state index >= 15 is 0 Å². The lowest BCUT2D eigenvalue weighted by atomic mass is 9.98. The summed E-state index contributed by atoms with van der Waals surface area (Å²) in [4.78, 5) is 14.2. The van der Waals surface area contributed by atoms with Crippen LogP contribution in [0.2, 0.25) is 0 Å². The van der Waals surface area contributed by atoms with Gasteiger partial charge in [0.25, 0.3) is 0 Å². The van der Waals surface area contributed by atoms with E-state index in [-0.39, 0.29) is 11.8 Å². The number of amides is 1.